The molecule has 0 saturated heterocycles. The third-order valence-electron chi connectivity index (χ3n) is 9.06. The third-order valence-corrected chi connectivity index (χ3v) is 9.06. The predicted octanol–water partition coefficient (Wildman–Crippen LogP) is 4.78. The molecule has 3 nitrogen and oxygen atoms in total. The molecule has 0 aromatic carbocycles. The van der Waals surface area contributed by atoms with E-state index in [-0.39, 0.29) is 17.5 Å². The molecule has 4 saturated carbocycles. The van der Waals surface area contributed by atoms with Crippen LogP contribution in [0.25, 0.3) is 0 Å². The Hall–Kier alpha value is -0.860. The van der Waals surface area contributed by atoms with Crippen molar-refractivity contribution >= 4 is 11.8 Å². The van der Waals surface area contributed by atoms with E-state index < -0.39 is 0 Å². The van der Waals surface area contributed by atoms with E-state index in [1.165, 1.54) is 25.7 Å². The molecule has 140 valence electrons. The summed E-state index contributed by atoms with van der Waals surface area (Å²) in [6.07, 6.45) is 8.72. The second kappa shape index (κ2) is 5.82. The molecule has 0 N–H and O–H groups in total. The lowest BCUT2D eigenvalue weighted by Gasteiger charge is -2.62. The highest BCUT2D eigenvalue weighted by molar-refractivity contribution is 5.79. The van der Waals surface area contributed by atoms with Crippen LogP contribution in [-0.4, -0.2) is 17.9 Å². The van der Waals surface area contributed by atoms with Crippen LogP contribution in [0.5, 0.6) is 0 Å². The summed E-state index contributed by atoms with van der Waals surface area (Å²) in [5, 5.41) is 0. The van der Waals surface area contributed by atoms with Crippen molar-refractivity contribution in [1.29, 1.82) is 0 Å². The molecule has 0 bridgehead atoms. The molecule has 4 rings (SSSR count). The third kappa shape index (κ3) is 2.51. The normalized spacial score (nSPS) is 52.1. The van der Waals surface area contributed by atoms with Crippen molar-refractivity contribution in [2.75, 3.05) is 0 Å². The van der Waals surface area contributed by atoms with E-state index in [9.17, 15) is 9.59 Å². The summed E-state index contributed by atoms with van der Waals surface area (Å²) in [7, 11) is 0. The molecule has 4 fully saturated rings. The van der Waals surface area contributed by atoms with Crippen LogP contribution < -0.4 is 0 Å². The SMILES string of the molecule is CC(=O)O[C@H]1CC[C@H]2[C@@H]3[C@H](C)C[C@@H]4CC(=O)CC[C@]4(C)[C@H]3CC[C@@]12C. The minimum atomic E-state index is -0.122. The monoisotopic (exact) mass is 346 g/mol. The second-order valence-electron chi connectivity index (χ2n) is 10.2. The number of hydrogen-bond donors (Lipinski definition) is 0. The van der Waals surface area contributed by atoms with Gasteiger partial charge in [-0.2, -0.15) is 0 Å². The van der Waals surface area contributed by atoms with Crippen molar-refractivity contribution < 1.29 is 14.3 Å². The zero-order valence-electron chi connectivity index (χ0n) is 16.3. The number of Topliss-reactive ketones (excluding diaryl/α,β-unsaturated/α-hetero) is 1. The maximum atomic E-state index is 12.1. The molecule has 0 heterocycles. The number of hydrogen-bond acceptors (Lipinski definition) is 3. The predicted molar refractivity (Wildman–Crippen MR) is 96.8 cm³/mol. The number of carbonyl (C=O) groups excluding carboxylic acids is 2. The first-order valence-electron chi connectivity index (χ1n) is 10.4. The highest BCUT2D eigenvalue weighted by Gasteiger charge is 2.62. The fraction of sp³-hybridized carbons (Fsp3) is 0.909. The van der Waals surface area contributed by atoms with Crippen molar-refractivity contribution in [3.63, 3.8) is 0 Å². The summed E-state index contributed by atoms with van der Waals surface area (Å²) >= 11 is 0. The van der Waals surface area contributed by atoms with E-state index in [0.29, 0.717) is 29.0 Å². The summed E-state index contributed by atoms with van der Waals surface area (Å²) in [6.45, 7) is 8.87. The van der Waals surface area contributed by atoms with Gasteiger partial charge in [-0.3, -0.25) is 9.59 Å². The molecule has 0 aromatic rings. The molecule has 0 amide bonds. The van der Waals surface area contributed by atoms with Gasteiger partial charge in [0.15, 0.2) is 0 Å². The van der Waals surface area contributed by atoms with Crippen molar-refractivity contribution in [2.24, 2.45) is 40.4 Å². The van der Waals surface area contributed by atoms with Gasteiger partial charge in [0.25, 0.3) is 0 Å². The number of esters is 1. The van der Waals surface area contributed by atoms with E-state index in [0.717, 1.165) is 37.5 Å². The Morgan fingerprint density at radius 3 is 2.52 bits per heavy atom. The highest BCUT2D eigenvalue weighted by atomic mass is 16.5. The fourth-order valence-electron chi connectivity index (χ4n) is 7.77. The van der Waals surface area contributed by atoms with Crippen LogP contribution in [0.1, 0.15) is 79.1 Å². The molecule has 0 aromatic heterocycles. The smallest absolute Gasteiger partial charge is 0.302 e. The van der Waals surface area contributed by atoms with Crippen molar-refractivity contribution in [3.05, 3.63) is 0 Å². The molecular weight excluding hydrogens is 312 g/mol. The largest absolute Gasteiger partial charge is 0.462 e. The lowest BCUT2D eigenvalue weighted by molar-refractivity contribution is -0.167. The van der Waals surface area contributed by atoms with E-state index >= 15 is 0 Å². The molecule has 3 heteroatoms. The molecule has 25 heavy (non-hydrogen) atoms. The standard InChI is InChI=1S/C22H34O3/c1-13-11-15-12-16(24)7-9-21(15,3)18-8-10-22(4)17(20(13)18)5-6-19(22)25-14(2)23/h13,15,17-20H,5-12H2,1-4H3/t13-,15-,17+,18+,19+,20+,21+,22-/m1/s1. The average Bonchev–Trinajstić information content (AvgIpc) is 2.85. The Bertz CT molecular complexity index is 584. The fourth-order valence-corrected chi connectivity index (χ4v) is 7.77. The van der Waals surface area contributed by atoms with E-state index in [4.69, 9.17) is 4.74 Å². The Labute approximate surface area is 152 Å². The van der Waals surface area contributed by atoms with Crippen LogP contribution in [0.4, 0.5) is 0 Å². The first-order chi connectivity index (χ1) is 11.8. The lowest BCUT2D eigenvalue weighted by atomic mass is 9.43. The van der Waals surface area contributed by atoms with Crippen LogP contribution in [0, 0.1) is 40.4 Å². The Kier molecular flexibility index (Phi) is 4.09. The quantitative estimate of drug-likeness (QED) is 0.642. The molecule has 0 aliphatic heterocycles. The number of fused-ring (bicyclic) bond motifs is 5. The number of ether oxygens (including phenoxy) is 1. The topological polar surface area (TPSA) is 43.4 Å². The van der Waals surface area contributed by atoms with Gasteiger partial charge in [-0.15, -0.1) is 0 Å². The maximum Gasteiger partial charge on any atom is 0.302 e. The minimum absolute atomic E-state index is 0.113. The van der Waals surface area contributed by atoms with Gasteiger partial charge in [-0.05, 0) is 73.5 Å². The highest BCUT2D eigenvalue weighted by Crippen LogP contribution is 2.67. The van der Waals surface area contributed by atoms with Crippen LogP contribution in [0.3, 0.4) is 0 Å². The van der Waals surface area contributed by atoms with Gasteiger partial charge in [0.1, 0.15) is 11.9 Å². The summed E-state index contributed by atoms with van der Waals surface area (Å²) in [6, 6.07) is 0. The zero-order valence-corrected chi connectivity index (χ0v) is 16.3. The van der Waals surface area contributed by atoms with Gasteiger partial charge in [-0.25, -0.2) is 0 Å². The van der Waals surface area contributed by atoms with Crippen LogP contribution in [-0.2, 0) is 14.3 Å². The van der Waals surface area contributed by atoms with Gasteiger partial charge < -0.3 is 4.74 Å². The molecule has 0 unspecified atom stereocenters. The average molecular weight is 347 g/mol. The number of rotatable bonds is 1. The molecule has 4 aliphatic rings. The summed E-state index contributed by atoms with van der Waals surface area (Å²) in [5.41, 5.74) is 0.515. The molecular formula is C22H34O3. The van der Waals surface area contributed by atoms with Crippen molar-refractivity contribution in [1.82, 2.24) is 0 Å². The van der Waals surface area contributed by atoms with E-state index in [1.807, 2.05) is 0 Å². The van der Waals surface area contributed by atoms with Gasteiger partial charge in [0.2, 0.25) is 0 Å². The number of ketones is 1. The van der Waals surface area contributed by atoms with Crippen molar-refractivity contribution in [2.45, 2.75) is 85.2 Å². The van der Waals surface area contributed by atoms with E-state index in [1.54, 1.807) is 6.92 Å². The second-order valence-corrected chi connectivity index (χ2v) is 10.2. The van der Waals surface area contributed by atoms with Gasteiger partial charge in [-0.1, -0.05) is 20.8 Å². The van der Waals surface area contributed by atoms with Gasteiger partial charge in [0, 0.05) is 25.2 Å². The Balaban J connectivity index is 1.63. The summed E-state index contributed by atoms with van der Waals surface area (Å²) < 4.78 is 5.76. The first kappa shape index (κ1) is 17.5. The van der Waals surface area contributed by atoms with Gasteiger partial charge >= 0.3 is 5.97 Å². The molecule has 4 aliphatic carbocycles. The van der Waals surface area contributed by atoms with Crippen LogP contribution in [0.2, 0.25) is 0 Å². The van der Waals surface area contributed by atoms with Gasteiger partial charge in [0.05, 0.1) is 0 Å². The molecule has 0 spiro atoms. The number of carbonyl (C=O) groups is 2. The lowest BCUT2D eigenvalue weighted by Crippen LogP contribution is -2.56. The van der Waals surface area contributed by atoms with Crippen LogP contribution in [0.15, 0.2) is 0 Å². The van der Waals surface area contributed by atoms with E-state index in [2.05, 4.69) is 20.8 Å². The maximum absolute atomic E-state index is 12.1. The molecule has 0 radical (unpaired) electrons. The Morgan fingerprint density at radius 1 is 1.08 bits per heavy atom. The summed E-state index contributed by atoms with van der Waals surface area (Å²) in [5.74, 6) is 3.83. The first-order valence-corrected chi connectivity index (χ1v) is 10.4. The summed E-state index contributed by atoms with van der Waals surface area (Å²) in [4.78, 5) is 23.6. The zero-order chi connectivity index (χ0) is 18.0. The minimum Gasteiger partial charge on any atom is -0.462 e. The van der Waals surface area contributed by atoms with Crippen molar-refractivity contribution in [3.8, 4) is 0 Å². The Morgan fingerprint density at radius 2 is 1.80 bits per heavy atom. The molecule has 8 atom stereocenters. The van der Waals surface area contributed by atoms with Crippen LogP contribution >= 0.6 is 0 Å².